The van der Waals surface area contributed by atoms with Gasteiger partial charge in [-0.1, -0.05) is 37.3 Å². The summed E-state index contributed by atoms with van der Waals surface area (Å²) >= 11 is 0. The first kappa shape index (κ1) is 10.1. The molecule has 0 radical (unpaired) electrons. The third-order valence-corrected chi connectivity index (χ3v) is 3.59. The summed E-state index contributed by atoms with van der Waals surface area (Å²) in [5.41, 5.74) is 7.38. The average Bonchev–Trinajstić information content (AvgIpc) is 2.82. The van der Waals surface area contributed by atoms with Crippen LogP contribution in [0.3, 0.4) is 0 Å². The molecule has 0 spiro atoms. The molecule has 0 amide bonds. The third-order valence-electron chi connectivity index (χ3n) is 3.59. The van der Waals surface area contributed by atoms with Crippen LogP contribution < -0.4 is 5.48 Å². The molecule has 0 bridgehead atoms. The predicted octanol–water partition coefficient (Wildman–Crippen LogP) is 3.17. The molecule has 2 aliphatic rings. The topological polar surface area (TPSA) is 21.3 Å². The molecule has 0 saturated carbocycles. The van der Waals surface area contributed by atoms with Gasteiger partial charge in [0.15, 0.2) is 0 Å². The van der Waals surface area contributed by atoms with E-state index in [1.54, 1.807) is 0 Å². The highest BCUT2D eigenvalue weighted by Gasteiger charge is 2.23. The fourth-order valence-electron chi connectivity index (χ4n) is 2.66. The second-order valence-corrected chi connectivity index (χ2v) is 4.70. The van der Waals surface area contributed by atoms with E-state index >= 15 is 0 Å². The first-order valence-corrected chi connectivity index (χ1v) is 6.03. The second-order valence-electron chi connectivity index (χ2n) is 4.70. The lowest BCUT2D eigenvalue weighted by molar-refractivity contribution is 0.0882. The molecule has 1 aromatic carbocycles. The molecule has 0 aromatic heterocycles. The van der Waals surface area contributed by atoms with Crippen molar-refractivity contribution in [3.63, 3.8) is 0 Å². The van der Waals surface area contributed by atoms with Gasteiger partial charge in [0, 0.05) is 0 Å². The van der Waals surface area contributed by atoms with Crippen LogP contribution in [0.4, 0.5) is 0 Å². The van der Waals surface area contributed by atoms with E-state index in [1.807, 2.05) is 0 Å². The van der Waals surface area contributed by atoms with Crippen LogP contribution in [-0.4, -0.2) is 6.61 Å². The Labute approximate surface area is 96.3 Å². The van der Waals surface area contributed by atoms with E-state index in [9.17, 15) is 0 Å². The molecule has 1 aromatic rings. The van der Waals surface area contributed by atoms with Gasteiger partial charge in [0.1, 0.15) is 0 Å². The molecule has 2 nitrogen and oxygen atoms in total. The Hall–Kier alpha value is -1.12. The van der Waals surface area contributed by atoms with E-state index in [4.69, 9.17) is 4.84 Å². The van der Waals surface area contributed by atoms with Crippen molar-refractivity contribution < 1.29 is 4.84 Å². The summed E-state index contributed by atoms with van der Waals surface area (Å²) in [5.74, 6) is 0.641. The highest BCUT2D eigenvalue weighted by Crippen LogP contribution is 2.35. The van der Waals surface area contributed by atoms with Gasteiger partial charge in [0.05, 0.1) is 12.6 Å². The molecule has 1 aliphatic heterocycles. The van der Waals surface area contributed by atoms with E-state index < -0.39 is 0 Å². The van der Waals surface area contributed by atoms with Gasteiger partial charge in [0.25, 0.3) is 0 Å². The van der Waals surface area contributed by atoms with Gasteiger partial charge in [-0.2, -0.15) is 5.48 Å². The minimum absolute atomic E-state index is 0.366. The van der Waals surface area contributed by atoms with Crippen LogP contribution in [0.25, 0.3) is 6.08 Å². The summed E-state index contributed by atoms with van der Waals surface area (Å²) in [6, 6.07) is 7.00. The molecule has 84 valence electrons. The number of hydrogen-bond acceptors (Lipinski definition) is 2. The monoisotopic (exact) mass is 215 g/mol. The van der Waals surface area contributed by atoms with Crippen LogP contribution in [0.5, 0.6) is 0 Å². The van der Waals surface area contributed by atoms with E-state index in [-0.39, 0.29) is 0 Å². The summed E-state index contributed by atoms with van der Waals surface area (Å²) in [7, 11) is 0. The van der Waals surface area contributed by atoms with Gasteiger partial charge in [0.2, 0.25) is 0 Å². The number of allylic oxidation sites excluding steroid dienone is 1. The van der Waals surface area contributed by atoms with Crippen LogP contribution in [0, 0.1) is 0 Å². The van der Waals surface area contributed by atoms with Crippen molar-refractivity contribution in [3.8, 4) is 0 Å². The number of hydrogen-bond donors (Lipinski definition) is 1. The maximum Gasteiger partial charge on any atom is 0.0701 e. The molecule has 2 atom stereocenters. The maximum atomic E-state index is 5.26. The first-order valence-electron chi connectivity index (χ1n) is 6.03. The van der Waals surface area contributed by atoms with Gasteiger partial charge in [-0.3, -0.25) is 0 Å². The average molecular weight is 215 g/mol. The van der Waals surface area contributed by atoms with Gasteiger partial charge in [-0.05, 0) is 35.4 Å². The zero-order valence-electron chi connectivity index (χ0n) is 9.57. The normalized spacial score (nSPS) is 28.1. The Morgan fingerprint density at radius 3 is 3.00 bits per heavy atom. The minimum atomic E-state index is 0.366. The van der Waals surface area contributed by atoms with Gasteiger partial charge < -0.3 is 4.84 Å². The summed E-state index contributed by atoms with van der Waals surface area (Å²) in [4.78, 5) is 5.26. The Bertz CT molecular complexity index is 419. The molecule has 1 fully saturated rings. The molecule has 1 saturated heterocycles. The highest BCUT2D eigenvalue weighted by atomic mass is 16.7. The van der Waals surface area contributed by atoms with Gasteiger partial charge >= 0.3 is 0 Å². The summed E-state index contributed by atoms with van der Waals surface area (Å²) < 4.78 is 0. The van der Waals surface area contributed by atoms with Gasteiger partial charge in [-0.15, -0.1) is 0 Å². The van der Waals surface area contributed by atoms with E-state index in [0.29, 0.717) is 12.0 Å². The highest BCUT2D eigenvalue weighted by molar-refractivity contribution is 5.62. The summed E-state index contributed by atoms with van der Waals surface area (Å²) in [6.45, 7) is 3.11. The van der Waals surface area contributed by atoms with Crippen molar-refractivity contribution in [1.82, 2.24) is 5.48 Å². The maximum absolute atomic E-state index is 5.26. The Morgan fingerprint density at radius 1 is 1.31 bits per heavy atom. The number of benzene rings is 1. The Morgan fingerprint density at radius 2 is 2.19 bits per heavy atom. The van der Waals surface area contributed by atoms with Crippen LogP contribution in [0.1, 0.15) is 48.4 Å². The number of fused-ring (bicyclic) bond motifs is 1. The number of nitrogens with one attached hydrogen (secondary N) is 1. The molecule has 2 heteroatoms. The van der Waals surface area contributed by atoms with Crippen molar-refractivity contribution in [1.29, 1.82) is 0 Å². The molecule has 16 heavy (non-hydrogen) atoms. The lowest BCUT2D eigenvalue weighted by Gasteiger charge is -2.22. The molecule has 3 rings (SSSR count). The zero-order valence-corrected chi connectivity index (χ0v) is 9.57. The van der Waals surface area contributed by atoms with Crippen molar-refractivity contribution in [3.05, 3.63) is 41.0 Å². The molecule has 1 aliphatic carbocycles. The smallest absolute Gasteiger partial charge is 0.0701 e. The van der Waals surface area contributed by atoms with E-state index in [2.05, 4.69) is 42.8 Å². The first-order chi connectivity index (χ1) is 7.86. The molecule has 1 N–H and O–H groups in total. The number of hydroxylamine groups is 1. The summed E-state index contributed by atoms with van der Waals surface area (Å²) in [6.07, 6.45) is 6.78. The summed E-state index contributed by atoms with van der Waals surface area (Å²) in [5, 5.41) is 0. The van der Waals surface area contributed by atoms with Crippen molar-refractivity contribution in [2.45, 2.75) is 31.7 Å². The van der Waals surface area contributed by atoms with Crippen LogP contribution >= 0.6 is 0 Å². The van der Waals surface area contributed by atoms with Crippen LogP contribution in [0.2, 0.25) is 0 Å². The lowest BCUT2D eigenvalue weighted by atomic mass is 9.84. The largest absolute Gasteiger partial charge is 0.301 e. The molecular weight excluding hydrogens is 198 g/mol. The minimum Gasteiger partial charge on any atom is -0.301 e. The Kier molecular flexibility index (Phi) is 2.54. The van der Waals surface area contributed by atoms with Crippen molar-refractivity contribution in [2.75, 3.05) is 6.61 Å². The Balaban J connectivity index is 2.06. The standard InChI is InChI=1S/C14H17NO/c1-10-4-2-6-12-11(10)5-3-7-13(12)14-8-9-16-15-14/h2-3,5-7,10,14-15H,4,8-9H2,1H3/t10?,14-/m1/s1. The fraction of sp³-hybridized carbons (Fsp3) is 0.429. The fourth-order valence-corrected chi connectivity index (χ4v) is 2.66. The quantitative estimate of drug-likeness (QED) is 0.777. The zero-order chi connectivity index (χ0) is 11.0. The van der Waals surface area contributed by atoms with Crippen LogP contribution in [0.15, 0.2) is 24.3 Å². The van der Waals surface area contributed by atoms with E-state index in [0.717, 1.165) is 19.4 Å². The van der Waals surface area contributed by atoms with Gasteiger partial charge in [-0.25, -0.2) is 0 Å². The van der Waals surface area contributed by atoms with E-state index in [1.165, 1.54) is 16.7 Å². The second kappa shape index (κ2) is 4.04. The molecular formula is C14H17NO. The number of rotatable bonds is 1. The molecule has 1 unspecified atom stereocenters. The molecule has 1 heterocycles. The predicted molar refractivity (Wildman–Crippen MR) is 65.0 cm³/mol. The third kappa shape index (κ3) is 1.58. The van der Waals surface area contributed by atoms with Crippen molar-refractivity contribution in [2.24, 2.45) is 0 Å². The van der Waals surface area contributed by atoms with Crippen molar-refractivity contribution >= 4 is 6.08 Å². The SMILES string of the molecule is CC1CC=Cc2c1cccc2[C@H]1CCON1. The van der Waals surface area contributed by atoms with Crippen LogP contribution in [-0.2, 0) is 4.84 Å². The lowest BCUT2D eigenvalue weighted by Crippen LogP contribution is -2.14.